The number of anilines is 1. The Morgan fingerprint density at radius 3 is 2.73 bits per heavy atom. The maximum atomic E-state index is 12.5. The number of rotatable bonds is 5. The molecule has 8 heteroatoms. The summed E-state index contributed by atoms with van der Waals surface area (Å²) in [5.74, 6) is 0.142. The SMILES string of the molecule is CN1C[C@H](CC(=O)NCC(F)F)Oc2ccc(C(=O)N3CCCC3)cc21. The molecule has 6 nitrogen and oxygen atoms in total. The average molecular weight is 367 g/mol. The first kappa shape index (κ1) is 18.4. The Bertz CT molecular complexity index is 678. The summed E-state index contributed by atoms with van der Waals surface area (Å²) in [6.07, 6.45) is -0.916. The normalized spacial score (nSPS) is 19.3. The van der Waals surface area contributed by atoms with Gasteiger partial charge in [-0.3, -0.25) is 9.59 Å². The third kappa shape index (κ3) is 4.23. The summed E-state index contributed by atoms with van der Waals surface area (Å²) >= 11 is 0. The number of alkyl halides is 2. The topological polar surface area (TPSA) is 61.9 Å². The molecule has 2 aliphatic heterocycles. The van der Waals surface area contributed by atoms with E-state index < -0.39 is 25.0 Å². The fraction of sp³-hybridized carbons (Fsp3) is 0.556. The third-order valence-corrected chi connectivity index (χ3v) is 4.65. The van der Waals surface area contributed by atoms with Gasteiger partial charge in [-0.1, -0.05) is 0 Å². The van der Waals surface area contributed by atoms with Crippen molar-refractivity contribution < 1.29 is 23.1 Å². The Balaban J connectivity index is 1.65. The van der Waals surface area contributed by atoms with Gasteiger partial charge in [-0.25, -0.2) is 8.78 Å². The highest BCUT2D eigenvalue weighted by atomic mass is 19.3. The van der Waals surface area contributed by atoms with Crippen molar-refractivity contribution in [3.05, 3.63) is 23.8 Å². The molecule has 2 heterocycles. The molecule has 0 unspecified atom stereocenters. The summed E-state index contributed by atoms with van der Waals surface area (Å²) in [5, 5.41) is 2.19. The number of hydrogen-bond donors (Lipinski definition) is 1. The molecule has 0 radical (unpaired) electrons. The smallest absolute Gasteiger partial charge is 0.255 e. The molecule has 1 saturated heterocycles. The van der Waals surface area contributed by atoms with E-state index in [2.05, 4.69) is 5.32 Å². The molecule has 0 spiro atoms. The predicted molar refractivity (Wildman–Crippen MR) is 92.9 cm³/mol. The lowest BCUT2D eigenvalue weighted by Gasteiger charge is -2.34. The zero-order valence-corrected chi connectivity index (χ0v) is 14.7. The van der Waals surface area contributed by atoms with E-state index >= 15 is 0 Å². The van der Waals surface area contributed by atoms with E-state index in [0.717, 1.165) is 31.6 Å². The van der Waals surface area contributed by atoms with Gasteiger partial charge >= 0.3 is 0 Å². The Kier molecular flexibility index (Phi) is 5.58. The Hall–Kier alpha value is -2.38. The summed E-state index contributed by atoms with van der Waals surface area (Å²) < 4.78 is 30.2. The van der Waals surface area contributed by atoms with Crippen molar-refractivity contribution in [1.29, 1.82) is 0 Å². The van der Waals surface area contributed by atoms with E-state index in [0.29, 0.717) is 17.9 Å². The number of carbonyl (C=O) groups excluding carboxylic acids is 2. The van der Waals surface area contributed by atoms with Gasteiger partial charge in [0.25, 0.3) is 12.3 Å². The maximum Gasteiger partial charge on any atom is 0.255 e. The molecule has 0 saturated carbocycles. The van der Waals surface area contributed by atoms with Crippen molar-refractivity contribution in [2.45, 2.75) is 31.8 Å². The minimum atomic E-state index is -2.57. The summed E-state index contributed by atoms with van der Waals surface area (Å²) in [6.45, 7) is 1.37. The lowest BCUT2D eigenvalue weighted by atomic mass is 10.1. The van der Waals surface area contributed by atoms with Crippen LogP contribution in [0.5, 0.6) is 5.75 Å². The van der Waals surface area contributed by atoms with Crippen LogP contribution in [0.1, 0.15) is 29.6 Å². The molecule has 1 N–H and O–H groups in total. The van der Waals surface area contributed by atoms with Crippen molar-refractivity contribution in [2.75, 3.05) is 38.1 Å². The predicted octanol–water partition coefficient (Wildman–Crippen LogP) is 1.89. The van der Waals surface area contributed by atoms with E-state index in [4.69, 9.17) is 4.74 Å². The number of carbonyl (C=O) groups is 2. The van der Waals surface area contributed by atoms with Crippen LogP contribution < -0.4 is 15.0 Å². The molecular formula is C18H23F2N3O3. The first-order valence-electron chi connectivity index (χ1n) is 8.80. The molecule has 0 aliphatic carbocycles. The second kappa shape index (κ2) is 7.88. The van der Waals surface area contributed by atoms with E-state index in [1.807, 2.05) is 22.9 Å². The van der Waals surface area contributed by atoms with Gasteiger partial charge in [0, 0.05) is 25.7 Å². The van der Waals surface area contributed by atoms with Crippen LogP contribution in [0, 0.1) is 0 Å². The summed E-state index contributed by atoms with van der Waals surface area (Å²) in [4.78, 5) is 28.0. The van der Waals surface area contributed by atoms with Gasteiger partial charge < -0.3 is 19.9 Å². The average Bonchev–Trinajstić information content (AvgIpc) is 3.14. The van der Waals surface area contributed by atoms with Gasteiger partial charge in [-0.15, -0.1) is 0 Å². The second-order valence-electron chi connectivity index (χ2n) is 6.70. The Morgan fingerprint density at radius 1 is 1.31 bits per heavy atom. The Morgan fingerprint density at radius 2 is 2.04 bits per heavy atom. The molecule has 1 aromatic carbocycles. The molecule has 26 heavy (non-hydrogen) atoms. The van der Waals surface area contributed by atoms with Gasteiger partial charge in [0.05, 0.1) is 25.2 Å². The third-order valence-electron chi connectivity index (χ3n) is 4.65. The number of fused-ring (bicyclic) bond motifs is 1. The van der Waals surface area contributed by atoms with E-state index in [-0.39, 0.29) is 12.3 Å². The minimum absolute atomic E-state index is 0.00492. The molecule has 2 amide bonds. The molecule has 0 aromatic heterocycles. The van der Waals surface area contributed by atoms with Crippen LogP contribution in [0.3, 0.4) is 0 Å². The van der Waals surface area contributed by atoms with E-state index in [1.165, 1.54) is 0 Å². The summed E-state index contributed by atoms with van der Waals surface area (Å²) in [6, 6.07) is 5.27. The first-order valence-corrected chi connectivity index (χ1v) is 8.80. The lowest BCUT2D eigenvalue weighted by Crippen LogP contribution is -2.41. The number of likely N-dealkylation sites (tertiary alicyclic amines) is 1. The summed E-state index contributed by atoms with van der Waals surface area (Å²) in [5.41, 5.74) is 1.41. The molecule has 1 fully saturated rings. The van der Waals surface area contributed by atoms with Crippen molar-refractivity contribution >= 4 is 17.5 Å². The molecule has 2 aliphatic rings. The van der Waals surface area contributed by atoms with Crippen LogP contribution in [0.25, 0.3) is 0 Å². The highest BCUT2D eigenvalue weighted by Gasteiger charge is 2.27. The van der Waals surface area contributed by atoms with Crippen LogP contribution in [0.15, 0.2) is 18.2 Å². The van der Waals surface area contributed by atoms with E-state index in [1.54, 1.807) is 12.1 Å². The number of nitrogens with zero attached hydrogens (tertiary/aromatic N) is 2. The van der Waals surface area contributed by atoms with Gasteiger partial charge in [0.15, 0.2) is 0 Å². The number of amides is 2. The summed E-state index contributed by atoms with van der Waals surface area (Å²) in [7, 11) is 1.86. The van der Waals surface area contributed by atoms with Gasteiger partial charge in [-0.2, -0.15) is 0 Å². The van der Waals surface area contributed by atoms with Crippen LogP contribution >= 0.6 is 0 Å². The second-order valence-corrected chi connectivity index (χ2v) is 6.70. The van der Waals surface area contributed by atoms with Gasteiger partial charge in [0.2, 0.25) is 5.91 Å². The highest BCUT2D eigenvalue weighted by molar-refractivity contribution is 5.96. The fourth-order valence-corrected chi connectivity index (χ4v) is 3.35. The first-order chi connectivity index (χ1) is 12.4. The maximum absolute atomic E-state index is 12.5. The number of nitrogens with one attached hydrogen (secondary N) is 1. The standard InChI is InChI=1S/C18H23F2N3O3/c1-22-11-13(9-17(24)21-10-16(19)20)26-15-5-4-12(8-14(15)22)18(25)23-6-2-3-7-23/h4-5,8,13,16H,2-3,6-7,9-11H2,1H3,(H,21,24)/t13-/m0/s1. The molecular weight excluding hydrogens is 344 g/mol. The van der Waals surface area contributed by atoms with Crippen LogP contribution in [-0.2, 0) is 4.79 Å². The zero-order chi connectivity index (χ0) is 18.7. The molecule has 3 rings (SSSR count). The number of hydrogen-bond acceptors (Lipinski definition) is 4. The molecule has 1 atom stereocenters. The highest BCUT2D eigenvalue weighted by Crippen LogP contribution is 2.34. The number of ether oxygens (including phenoxy) is 1. The van der Waals surface area contributed by atoms with Crippen molar-refractivity contribution in [2.24, 2.45) is 0 Å². The molecule has 0 bridgehead atoms. The van der Waals surface area contributed by atoms with Crippen LogP contribution in [-0.4, -0.2) is 62.5 Å². The molecule has 142 valence electrons. The van der Waals surface area contributed by atoms with Crippen molar-refractivity contribution in [3.8, 4) is 5.75 Å². The van der Waals surface area contributed by atoms with Crippen LogP contribution in [0.4, 0.5) is 14.5 Å². The molecule has 1 aromatic rings. The zero-order valence-electron chi connectivity index (χ0n) is 14.7. The van der Waals surface area contributed by atoms with Gasteiger partial charge in [-0.05, 0) is 31.0 Å². The number of halogens is 2. The van der Waals surface area contributed by atoms with E-state index in [9.17, 15) is 18.4 Å². The number of benzene rings is 1. The van der Waals surface area contributed by atoms with Gasteiger partial charge in [0.1, 0.15) is 11.9 Å². The number of likely N-dealkylation sites (N-methyl/N-ethyl adjacent to an activating group) is 1. The monoisotopic (exact) mass is 367 g/mol. The van der Waals surface area contributed by atoms with Crippen LogP contribution in [0.2, 0.25) is 0 Å². The lowest BCUT2D eigenvalue weighted by molar-refractivity contribution is -0.123. The largest absolute Gasteiger partial charge is 0.486 e. The minimum Gasteiger partial charge on any atom is -0.486 e. The Labute approximate surface area is 151 Å². The van der Waals surface area contributed by atoms with Crippen molar-refractivity contribution in [3.63, 3.8) is 0 Å². The van der Waals surface area contributed by atoms with Crippen molar-refractivity contribution in [1.82, 2.24) is 10.2 Å². The fourth-order valence-electron chi connectivity index (χ4n) is 3.35. The quantitative estimate of drug-likeness (QED) is 0.863.